The summed E-state index contributed by atoms with van der Waals surface area (Å²) in [6.45, 7) is 3.96. The van der Waals surface area contributed by atoms with E-state index < -0.39 is 5.97 Å². The van der Waals surface area contributed by atoms with Crippen molar-refractivity contribution in [1.29, 1.82) is 0 Å². The van der Waals surface area contributed by atoms with Gasteiger partial charge >= 0.3 is 5.97 Å². The number of ether oxygens (including phenoxy) is 1. The average Bonchev–Trinajstić information content (AvgIpc) is 3.10. The second-order valence-corrected chi connectivity index (χ2v) is 7.31. The topological polar surface area (TPSA) is 72.4 Å². The number of aryl methyl sites for hydroxylation is 2. The van der Waals surface area contributed by atoms with Crippen LogP contribution in [-0.2, 0) is 16.1 Å². The van der Waals surface area contributed by atoms with Gasteiger partial charge in [0.2, 0.25) is 0 Å². The minimum Gasteiger partial charge on any atom is -0.468 e. The zero-order valence-electron chi connectivity index (χ0n) is 16.0. The number of pyridine rings is 1. The molecule has 0 aliphatic heterocycles. The van der Waals surface area contributed by atoms with Crippen LogP contribution in [0, 0.1) is 13.8 Å². The van der Waals surface area contributed by atoms with E-state index in [4.69, 9.17) is 4.74 Å². The van der Waals surface area contributed by atoms with Crippen molar-refractivity contribution < 1.29 is 14.3 Å². The number of carbonyl (C=O) groups is 2. The Morgan fingerprint density at radius 3 is 2.54 bits per heavy atom. The summed E-state index contributed by atoms with van der Waals surface area (Å²) in [6.07, 6.45) is 1.69. The van der Waals surface area contributed by atoms with Crippen molar-refractivity contribution in [2.75, 3.05) is 13.7 Å². The lowest BCUT2D eigenvalue weighted by molar-refractivity contribution is -0.141. The third kappa shape index (κ3) is 4.43. The minimum absolute atomic E-state index is 0.125. The van der Waals surface area contributed by atoms with E-state index in [9.17, 15) is 9.59 Å². The van der Waals surface area contributed by atoms with E-state index in [1.54, 1.807) is 13.1 Å². The zero-order chi connectivity index (χ0) is 20.1. The minimum atomic E-state index is -0.464. The van der Waals surface area contributed by atoms with E-state index in [-0.39, 0.29) is 12.5 Å². The number of amides is 1. The van der Waals surface area contributed by atoms with Crippen LogP contribution in [-0.4, -0.2) is 40.4 Å². The van der Waals surface area contributed by atoms with Gasteiger partial charge in [-0.25, -0.2) is 4.98 Å². The van der Waals surface area contributed by atoms with Crippen LogP contribution in [0.2, 0.25) is 0 Å². The van der Waals surface area contributed by atoms with Gasteiger partial charge in [0, 0.05) is 12.7 Å². The second kappa shape index (κ2) is 8.75. The van der Waals surface area contributed by atoms with Gasteiger partial charge in [0.25, 0.3) is 5.91 Å². The van der Waals surface area contributed by atoms with Crippen molar-refractivity contribution in [3.8, 4) is 10.7 Å². The Kier molecular flexibility index (Phi) is 6.16. The molecular weight excluding hydrogens is 374 g/mol. The first-order chi connectivity index (χ1) is 13.5. The summed E-state index contributed by atoms with van der Waals surface area (Å²) >= 11 is 1.28. The summed E-state index contributed by atoms with van der Waals surface area (Å²) in [5.41, 5.74) is 3.37. The molecule has 0 saturated carbocycles. The molecule has 2 heterocycles. The fraction of sp³-hybridized carbons (Fsp3) is 0.238. The molecule has 0 bridgehead atoms. The molecular formula is C21H21N3O3S. The molecule has 3 aromatic rings. The van der Waals surface area contributed by atoms with Crippen LogP contribution in [0.25, 0.3) is 10.7 Å². The van der Waals surface area contributed by atoms with Crippen molar-refractivity contribution in [3.63, 3.8) is 0 Å². The number of esters is 1. The number of benzene rings is 1. The van der Waals surface area contributed by atoms with E-state index in [1.807, 2.05) is 49.4 Å². The van der Waals surface area contributed by atoms with Crippen LogP contribution < -0.4 is 0 Å². The molecule has 0 fully saturated rings. The maximum absolute atomic E-state index is 13.2. The Hall–Kier alpha value is -3.06. The molecule has 0 aliphatic carbocycles. The monoisotopic (exact) mass is 395 g/mol. The van der Waals surface area contributed by atoms with E-state index in [2.05, 4.69) is 9.97 Å². The van der Waals surface area contributed by atoms with Crippen LogP contribution in [0.1, 0.15) is 26.5 Å². The Balaban J connectivity index is 1.91. The van der Waals surface area contributed by atoms with E-state index >= 15 is 0 Å². The van der Waals surface area contributed by atoms with Gasteiger partial charge in [0.15, 0.2) is 0 Å². The molecule has 6 nitrogen and oxygen atoms in total. The van der Waals surface area contributed by atoms with Crippen LogP contribution in [0.4, 0.5) is 0 Å². The molecule has 0 atom stereocenters. The van der Waals surface area contributed by atoms with Gasteiger partial charge < -0.3 is 9.64 Å². The van der Waals surface area contributed by atoms with Crippen LogP contribution in [0.15, 0.2) is 48.7 Å². The van der Waals surface area contributed by atoms with Gasteiger partial charge in [-0.05, 0) is 37.1 Å². The Bertz CT molecular complexity index is 986. The largest absolute Gasteiger partial charge is 0.468 e. The maximum atomic E-state index is 13.2. The number of aromatic nitrogens is 2. The number of hydrogen-bond donors (Lipinski definition) is 0. The van der Waals surface area contributed by atoms with Crippen molar-refractivity contribution in [2.24, 2.45) is 0 Å². The van der Waals surface area contributed by atoms with E-state index in [1.165, 1.54) is 23.3 Å². The van der Waals surface area contributed by atoms with Gasteiger partial charge in [-0.2, -0.15) is 0 Å². The lowest BCUT2D eigenvalue weighted by Gasteiger charge is -2.22. The molecule has 3 rings (SSSR count). The Morgan fingerprint density at radius 1 is 1.11 bits per heavy atom. The third-order valence-electron chi connectivity index (χ3n) is 4.33. The predicted octanol–water partition coefficient (Wildman–Crippen LogP) is 3.64. The van der Waals surface area contributed by atoms with Gasteiger partial charge in [-0.3, -0.25) is 14.6 Å². The lowest BCUT2D eigenvalue weighted by atomic mass is 10.1. The summed E-state index contributed by atoms with van der Waals surface area (Å²) in [4.78, 5) is 35.9. The quantitative estimate of drug-likeness (QED) is 0.596. The van der Waals surface area contributed by atoms with Crippen molar-refractivity contribution in [3.05, 3.63) is 70.4 Å². The number of carbonyl (C=O) groups excluding carboxylic acids is 2. The first-order valence-corrected chi connectivity index (χ1v) is 9.60. The molecule has 28 heavy (non-hydrogen) atoms. The highest BCUT2D eigenvalue weighted by atomic mass is 32.1. The fourth-order valence-electron chi connectivity index (χ4n) is 2.75. The standard InChI is InChI=1S/C21H21N3O3S/c1-14-8-4-5-9-16(14)12-24(13-18(25)27-3)21(26)19-15(2)23-20(28-19)17-10-6-7-11-22-17/h4-11H,12-13H2,1-3H3. The molecule has 0 unspecified atom stereocenters. The SMILES string of the molecule is COC(=O)CN(Cc1ccccc1C)C(=O)c1sc(-c2ccccn2)nc1C. The zero-order valence-corrected chi connectivity index (χ0v) is 16.8. The van der Waals surface area contributed by atoms with Crippen molar-refractivity contribution in [2.45, 2.75) is 20.4 Å². The Morgan fingerprint density at radius 2 is 1.86 bits per heavy atom. The second-order valence-electron chi connectivity index (χ2n) is 6.31. The Labute approximate surface area is 167 Å². The predicted molar refractivity (Wildman–Crippen MR) is 108 cm³/mol. The first-order valence-electron chi connectivity index (χ1n) is 8.79. The molecule has 0 N–H and O–H groups in total. The third-order valence-corrected chi connectivity index (χ3v) is 5.50. The summed E-state index contributed by atoms with van der Waals surface area (Å²) < 4.78 is 4.78. The lowest BCUT2D eigenvalue weighted by Crippen LogP contribution is -2.35. The number of thiazole rings is 1. The molecule has 7 heteroatoms. The van der Waals surface area contributed by atoms with Crippen LogP contribution in [0.3, 0.4) is 0 Å². The highest BCUT2D eigenvalue weighted by molar-refractivity contribution is 7.17. The first kappa shape index (κ1) is 19.7. The van der Waals surface area contributed by atoms with Gasteiger partial charge in [0.05, 0.1) is 18.5 Å². The van der Waals surface area contributed by atoms with Gasteiger partial charge in [-0.1, -0.05) is 30.3 Å². The molecule has 0 saturated heterocycles. The smallest absolute Gasteiger partial charge is 0.325 e. The molecule has 144 valence electrons. The molecule has 0 radical (unpaired) electrons. The van der Waals surface area contributed by atoms with E-state index in [0.29, 0.717) is 27.8 Å². The molecule has 0 spiro atoms. The average molecular weight is 395 g/mol. The number of rotatable bonds is 6. The summed E-state index contributed by atoms with van der Waals surface area (Å²) in [5, 5.41) is 0.676. The highest BCUT2D eigenvalue weighted by Gasteiger charge is 2.25. The van der Waals surface area contributed by atoms with Crippen molar-refractivity contribution >= 4 is 23.2 Å². The highest BCUT2D eigenvalue weighted by Crippen LogP contribution is 2.28. The summed E-state index contributed by atoms with van der Waals surface area (Å²) in [7, 11) is 1.32. The van der Waals surface area contributed by atoms with Crippen LogP contribution >= 0.6 is 11.3 Å². The molecule has 1 aromatic carbocycles. The van der Waals surface area contributed by atoms with Gasteiger partial charge in [-0.15, -0.1) is 11.3 Å². The summed E-state index contributed by atoms with van der Waals surface area (Å²) in [6, 6.07) is 13.3. The maximum Gasteiger partial charge on any atom is 0.325 e. The van der Waals surface area contributed by atoms with Crippen molar-refractivity contribution in [1.82, 2.24) is 14.9 Å². The molecule has 0 aliphatic rings. The number of hydrogen-bond acceptors (Lipinski definition) is 6. The normalized spacial score (nSPS) is 10.5. The van der Waals surface area contributed by atoms with E-state index in [0.717, 1.165) is 11.1 Å². The number of nitrogens with zero attached hydrogens (tertiary/aromatic N) is 3. The number of methoxy groups -OCH3 is 1. The molecule has 2 aromatic heterocycles. The fourth-order valence-corrected chi connectivity index (χ4v) is 3.76. The van der Waals surface area contributed by atoms with Crippen LogP contribution in [0.5, 0.6) is 0 Å². The molecule has 1 amide bonds. The summed E-state index contributed by atoms with van der Waals surface area (Å²) in [5.74, 6) is -0.708. The van der Waals surface area contributed by atoms with Gasteiger partial charge in [0.1, 0.15) is 16.4 Å².